The molecule has 0 bridgehead atoms. The van der Waals surface area contributed by atoms with Crippen molar-refractivity contribution in [3.8, 4) is 0 Å². The molecule has 0 radical (unpaired) electrons. The maximum Gasteiger partial charge on any atom is 0.123 e. The Kier molecular flexibility index (Phi) is 3.98. The molecule has 1 saturated carbocycles. The Morgan fingerprint density at radius 2 is 2.19 bits per heavy atom. The van der Waals surface area contributed by atoms with E-state index in [-0.39, 0.29) is 5.82 Å². The molecule has 0 heterocycles. The average molecular weight is 286 g/mol. The van der Waals surface area contributed by atoms with E-state index in [9.17, 15) is 4.39 Å². The summed E-state index contributed by atoms with van der Waals surface area (Å²) in [5.41, 5.74) is 2.30. The highest BCUT2D eigenvalue weighted by Gasteiger charge is 2.28. The molecular weight excluding hydrogens is 269 g/mol. The zero-order valence-corrected chi connectivity index (χ0v) is 11.1. The third-order valence-electron chi connectivity index (χ3n) is 3.12. The van der Waals surface area contributed by atoms with Crippen LogP contribution in [0.5, 0.6) is 0 Å². The standard InChI is InChI=1S/C13H17BrFN/c1-10-2-3-12(15)8-11(10)9-16(7-6-14)13-4-5-13/h2-3,8,13H,4-7,9H2,1H3. The highest BCUT2D eigenvalue weighted by molar-refractivity contribution is 9.09. The van der Waals surface area contributed by atoms with E-state index in [1.165, 1.54) is 24.5 Å². The molecule has 0 aromatic heterocycles. The first-order chi connectivity index (χ1) is 7.70. The smallest absolute Gasteiger partial charge is 0.123 e. The molecule has 1 aliphatic carbocycles. The number of halogens is 2. The summed E-state index contributed by atoms with van der Waals surface area (Å²) >= 11 is 3.48. The van der Waals surface area contributed by atoms with Crippen LogP contribution in [0.3, 0.4) is 0 Å². The number of nitrogens with zero attached hydrogens (tertiary/aromatic N) is 1. The quantitative estimate of drug-likeness (QED) is 0.749. The summed E-state index contributed by atoms with van der Waals surface area (Å²) in [5, 5.41) is 0.984. The predicted octanol–water partition coefficient (Wildman–Crippen LogP) is 3.49. The van der Waals surface area contributed by atoms with E-state index in [1.54, 1.807) is 6.07 Å². The van der Waals surface area contributed by atoms with Gasteiger partial charge in [-0.05, 0) is 43.0 Å². The van der Waals surface area contributed by atoms with Gasteiger partial charge in [0.15, 0.2) is 0 Å². The van der Waals surface area contributed by atoms with E-state index in [4.69, 9.17) is 0 Å². The first-order valence-corrected chi connectivity index (χ1v) is 6.88. The van der Waals surface area contributed by atoms with Gasteiger partial charge in [0.25, 0.3) is 0 Å². The Morgan fingerprint density at radius 3 is 2.81 bits per heavy atom. The molecule has 2 rings (SSSR count). The summed E-state index contributed by atoms with van der Waals surface area (Å²) in [5.74, 6) is -0.129. The zero-order chi connectivity index (χ0) is 11.5. The van der Waals surface area contributed by atoms with Gasteiger partial charge in [0.05, 0.1) is 0 Å². The fraction of sp³-hybridized carbons (Fsp3) is 0.538. The van der Waals surface area contributed by atoms with Crippen LogP contribution in [0.1, 0.15) is 24.0 Å². The minimum Gasteiger partial charge on any atom is -0.295 e. The van der Waals surface area contributed by atoms with E-state index in [2.05, 4.69) is 20.8 Å². The fourth-order valence-corrected chi connectivity index (χ4v) is 2.42. The van der Waals surface area contributed by atoms with Crippen LogP contribution in [0.2, 0.25) is 0 Å². The van der Waals surface area contributed by atoms with Crippen molar-refractivity contribution in [1.29, 1.82) is 0 Å². The number of alkyl halides is 1. The van der Waals surface area contributed by atoms with Crippen LogP contribution >= 0.6 is 15.9 Å². The Balaban J connectivity index is 2.08. The van der Waals surface area contributed by atoms with Gasteiger partial charge in [0, 0.05) is 24.5 Å². The van der Waals surface area contributed by atoms with Gasteiger partial charge in [0.2, 0.25) is 0 Å². The van der Waals surface area contributed by atoms with Crippen LogP contribution < -0.4 is 0 Å². The number of benzene rings is 1. The summed E-state index contributed by atoms with van der Waals surface area (Å²) in [6.07, 6.45) is 2.59. The molecule has 0 amide bonds. The lowest BCUT2D eigenvalue weighted by Gasteiger charge is -2.21. The van der Waals surface area contributed by atoms with Crippen molar-refractivity contribution < 1.29 is 4.39 Å². The second-order valence-corrected chi connectivity index (χ2v) is 5.25. The van der Waals surface area contributed by atoms with Gasteiger partial charge in [-0.1, -0.05) is 22.0 Å². The fourth-order valence-electron chi connectivity index (χ4n) is 1.97. The maximum absolute atomic E-state index is 13.2. The largest absolute Gasteiger partial charge is 0.295 e. The lowest BCUT2D eigenvalue weighted by molar-refractivity contribution is 0.271. The highest BCUT2D eigenvalue weighted by Crippen LogP contribution is 2.28. The molecule has 0 aliphatic heterocycles. The van der Waals surface area contributed by atoms with Crippen LogP contribution in [-0.4, -0.2) is 22.8 Å². The molecular formula is C13H17BrFN. The molecule has 1 fully saturated rings. The Bertz CT molecular complexity index is 363. The van der Waals surface area contributed by atoms with Crippen molar-refractivity contribution in [3.63, 3.8) is 0 Å². The zero-order valence-electron chi connectivity index (χ0n) is 9.55. The van der Waals surface area contributed by atoms with Crippen LogP contribution in [0.15, 0.2) is 18.2 Å². The first-order valence-electron chi connectivity index (χ1n) is 5.75. The van der Waals surface area contributed by atoms with Crippen molar-refractivity contribution in [1.82, 2.24) is 4.90 Å². The van der Waals surface area contributed by atoms with E-state index >= 15 is 0 Å². The minimum atomic E-state index is -0.129. The Hall–Kier alpha value is -0.410. The van der Waals surface area contributed by atoms with Gasteiger partial charge in [-0.15, -0.1) is 0 Å². The molecule has 1 aromatic rings. The molecule has 3 heteroatoms. The van der Waals surface area contributed by atoms with Crippen LogP contribution in [0, 0.1) is 12.7 Å². The average Bonchev–Trinajstić information content (AvgIpc) is 3.06. The molecule has 0 unspecified atom stereocenters. The van der Waals surface area contributed by atoms with Crippen molar-refractivity contribution in [2.45, 2.75) is 32.4 Å². The van der Waals surface area contributed by atoms with Gasteiger partial charge >= 0.3 is 0 Å². The van der Waals surface area contributed by atoms with Crippen molar-refractivity contribution in [2.75, 3.05) is 11.9 Å². The molecule has 0 saturated heterocycles. The summed E-state index contributed by atoms with van der Waals surface area (Å²) in [7, 11) is 0. The van der Waals surface area contributed by atoms with Gasteiger partial charge in [-0.25, -0.2) is 4.39 Å². The second kappa shape index (κ2) is 5.28. The molecule has 0 spiro atoms. The van der Waals surface area contributed by atoms with E-state index < -0.39 is 0 Å². The molecule has 0 atom stereocenters. The van der Waals surface area contributed by atoms with E-state index in [0.29, 0.717) is 0 Å². The summed E-state index contributed by atoms with van der Waals surface area (Å²) in [4.78, 5) is 2.44. The molecule has 88 valence electrons. The van der Waals surface area contributed by atoms with E-state index in [0.717, 1.165) is 30.0 Å². The van der Waals surface area contributed by atoms with Crippen LogP contribution in [0.4, 0.5) is 4.39 Å². The molecule has 1 aromatic carbocycles. The molecule has 0 N–H and O–H groups in total. The van der Waals surface area contributed by atoms with Crippen LogP contribution in [-0.2, 0) is 6.54 Å². The third kappa shape index (κ3) is 3.05. The monoisotopic (exact) mass is 285 g/mol. The third-order valence-corrected chi connectivity index (χ3v) is 3.47. The van der Waals surface area contributed by atoms with Gasteiger partial charge in [-0.2, -0.15) is 0 Å². The lowest BCUT2D eigenvalue weighted by Crippen LogP contribution is -2.27. The normalized spacial score (nSPS) is 15.8. The van der Waals surface area contributed by atoms with Crippen molar-refractivity contribution in [2.24, 2.45) is 0 Å². The summed E-state index contributed by atoms with van der Waals surface area (Å²) in [6.45, 7) is 3.97. The number of rotatable bonds is 5. The number of aryl methyl sites for hydroxylation is 1. The lowest BCUT2D eigenvalue weighted by atomic mass is 10.1. The maximum atomic E-state index is 13.2. The highest BCUT2D eigenvalue weighted by atomic mass is 79.9. The Labute approximate surface area is 105 Å². The molecule has 1 nitrogen and oxygen atoms in total. The van der Waals surface area contributed by atoms with Crippen molar-refractivity contribution in [3.05, 3.63) is 35.1 Å². The molecule has 16 heavy (non-hydrogen) atoms. The van der Waals surface area contributed by atoms with Gasteiger partial charge in [-0.3, -0.25) is 4.90 Å². The van der Waals surface area contributed by atoms with E-state index in [1.807, 2.05) is 13.0 Å². The predicted molar refractivity (Wildman–Crippen MR) is 68.4 cm³/mol. The number of hydrogen-bond donors (Lipinski definition) is 0. The number of hydrogen-bond acceptors (Lipinski definition) is 1. The topological polar surface area (TPSA) is 3.24 Å². The SMILES string of the molecule is Cc1ccc(F)cc1CN(CCBr)C1CC1. The van der Waals surface area contributed by atoms with Gasteiger partial charge in [0.1, 0.15) is 5.82 Å². The second-order valence-electron chi connectivity index (χ2n) is 4.46. The Morgan fingerprint density at radius 1 is 1.44 bits per heavy atom. The minimum absolute atomic E-state index is 0.129. The summed E-state index contributed by atoms with van der Waals surface area (Å²) < 4.78 is 13.2. The van der Waals surface area contributed by atoms with Gasteiger partial charge < -0.3 is 0 Å². The first kappa shape index (κ1) is 12.1. The summed E-state index contributed by atoms with van der Waals surface area (Å²) in [6, 6.07) is 5.79. The van der Waals surface area contributed by atoms with Crippen LogP contribution in [0.25, 0.3) is 0 Å². The van der Waals surface area contributed by atoms with Crippen molar-refractivity contribution >= 4 is 15.9 Å². The molecule has 1 aliphatic rings.